The van der Waals surface area contributed by atoms with Crippen LogP contribution in [0.15, 0.2) is 0 Å². The fourth-order valence-corrected chi connectivity index (χ4v) is 3.84. The van der Waals surface area contributed by atoms with Crippen LogP contribution in [0, 0.1) is 0 Å². The van der Waals surface area contributed by atoms with E-state index in [-0.39, 0.29) is 0 Å². The van der Waals surface area contributed by atoms with Crippen LogP contribution in [-0.2, 0) is 0 Å². The fraction of sp³-hybridized carbons (Fsp3) is 1.00. The van der Waals surface area contributed by atoms with Gasteiger partial charge in [-0.2, -0.15) is 0 Å². The summed E-state index contributed by atoms with van der Waals surface area (Å²) in [6.45, 7) is 3.56. The van der Waals surface area contributed by atoms with Gasteiger partial charge in [-0.15, -0.1) is 11.8 Å². The zero-order valence-corrected chi connectivity index (χ0v) is 8.04. The molecular weight excluding hydrogens is 154 g/mol. The SMILES string of the molecule is CC1CNC2(CCCCC2)S1. The van der Waals surface area contributed by atoms with Crippen molar-refractivity contribution in [2.45, 2.75) is 49.1 Å². The summed E-state index contributed by atoms with van der Waals surface area (Å²) >= 11 is 2.18. The molecule has 0 aromatic carbocycles. The van der Waals surface area contributed by atoms with Crippen LogP contribution in [-0.4, -0.2) is 16.7 Å². The van der Waals surface area contributed by atoms with E-state index in [2.05, 4.69) is 24.0 Å². The minimum Gasteiger partial charge on any atom is -0.302 e. The van der Waals surface area contributed by atoms with Crippen LogP contribution >= 0.6 is 11.8 Å². The highest BCUT2D eigenvalue weighted by atomic mass is 32.2. The van der Waals surface area contributed by atoms with Gasteiger partial charge >= 0.3 is 0 Å². The highest BCUT2D eigenvalue weighted by molar-refractivity contribution is 8.01. The van der Waals surface area contributed by atoms with E-state index in [4.69, 9.17) is 0 Å². The summed E-state index contributed by atoms with van der Waals surface area (Å²) in [6.07, 6.45) is 7.14. The van der Waals surface area contributed by atoms with Crippen LogP contribution in [0.25, 0.3) is 0 Å². The van der Waals surface area contributed by atoms with Gasteiger partial charge < -0.3 is 5.32 Å². The first kappa shape index (κ1) is 7.93. The average Bonchev–Trinajstić information content (AvgIpc) is 2.34. The Labute approximate surface area is 73.3 Å². The maximum absolute atomic E-state index is 3.68. The predicted molar refractivity (Wildman–Crippen MR) is 50.9 cm³/mol. The Balaban J connectivity index is 1.98. The fourth-order valence-electron chi connectivity index (χ4n) is 2.22. The quantitative estimate of drug-likeness (QED) is 0.600. The molecular formula is C9H17NS. The molecule has 1 N–H and O–H groups in total. The molecule has 64 valence electrons. The van der Waals surface area contributed by atoms with Crippen LogP contribution in [0.5, 0.6) is 0 Å². The second kappa shape index (κ2) is 2.98. The Morgan fingerprint density at radius 1 is 1.27 bits per heavy atom. The number of rotatable bonds is 0. The summed E-state index contributed by atoms with van der Waals surface area (Å²) in [5, 5.41) is 4.53. The normalized spacial score (nSPS) is 36.3. The predicted octanol–water partition coefficient (Wildman–Crippen LogP) is 2.37. The number of thioether (sulfide) groups is 1. The number of nitrogens with one attached hydrogen (secondary N) is 1. The first-order valence-corrected chi connectivity index (χ1v) is 5.62. The van der Waals surface area contributed by atoms with Gasteiger partial charge in [-0.25, -0.2) is 0 Å². The Morgan fingerprint density at radius 3 is 2.55 bits per heavy atom. The van der Waals surface area contributed by atoms with Crippen LogP contribution < -0.4 is 5.32 Å². The first-order valence-electron chi connectivity index (χ1n) is 4.74. The maximum atomic E-state index is 3.68. The van der Waals surface area contributed by atoms with Gasteiger partial charge in [0.2, 0.25) is 0 Å². The average molecular weight is 171 g/mol. The summed E-state index contributed by atoms with van der Waals surface area (Å²) in [5.41, 5.74) is 0. The molecule has 1 spiro atoms. The lowest BCUT2D eigenvalue weighted by Crippen LogP contribution is -2.38. The van der Waals surface area contributed by atoms with E-state index < -0.39 is 0 Å². The smallest absolute Gasteiger partial charge is 0.0648 e. The highest BCUT2D eigenvalue weighted by Gasteiger charge is 2.38. The minimum absolute atomic E-state index is 0.512. The lowest BCUT2D eigenvalue weighted by Gasteiger charge is -2.32. The van der Waals surface area contributed by atoms with Gasteiger partial charge in [-0.05, 0) is 12.8 Å². The standard InChI is InChI=1S/C9H17NS/c1-8-7-10-9(11-8)5-3-2-4-6-9/h8,10H,2-7H2,1H3. The monoisotopic (exact) mass is 171 g/mol. The topological polar surface area (TPSA) is 12.0 Å². The van der Waals surface area contributed by atoms with E-state index in [1.54, 1.807) is 0 Å². The molecule has 1 aliphatic heterocycles. The van der Waals surface area contributed by atoms with Crippen LogP contribution in [0.4, 0.5) is 0 Å². The molecule has 2 aliphatic rings. The van der Waals surface area contributed by atoms with E-state index in [0.29, 0.717) is 4.87 Å². The largest absolute Gasteiger partial charge is 0.302 e. The molecule has 0 aromatic rings. The molecule has 1 atom stereocenters. The highest BCUT2D eigenvalue weighted by Crippen LogP contribution is 2.43. The van der Waals surface area contributed by atoms with E-state index in [9.17, 15) is 0 Å². The van der Waals surface area contributed by atoms with Crippen molar-refractivity contribution < 1.29 is 0 Å². The van der Waals surface area contributed by atoms with Crippen molar-refractivity contribution in [3.8, 4) is 0 Å². The van der Waals surface area contributed by atoms with Crippen LogP contribution in [0.2, 0.25) is 0 Å². The van der Waals surface area contributed by atoms with Gasteiger partial charge in [0.1, 0.15) is 0 Å². The van der Waals surface area contributed by atoms with Crippen LogP contribution in [0.3, 0.4) is 0 Å². The van der Waals surface area contributed by atoms with E-state index in [1.165, 1.54) is 38.6 Å². The first-order chi connectivity index (χ1) is 5.31. The number of hydrogen-bond donors (Lipinski definition) is 1. The summed E-state index contributed by atoms with van der Waals surface area (Å²) in [4.78, 5) is 0.512. The third-order valence-electron chi connectivity index (χ3n) is 2.80. The van der Waals surface area contributed by atoms with Crippen molar-refractivity contribution >= 4 is 11.8 Å². The van der Waals surface area contributed by atoms with Gasteiger partial charge in [0.05, 0.1) is 4.87 Å². The molecule has 2 heteroatoms. The second-order valence-electron chi connectivity index (χ2n) is 3.86. The Kier molecular flexibility index (Phi) is 2.15. The lowest BCUT2D eigenvalue weighted by atomic mass is 9.95. The molecule has 2 rings (SSSR count). The molecule has 1 heterocycles. The van der Waals surface area contributed by atoms with E-state index >= 15 is 0 Å². The Bertz CT molecular complexity index is 135. The molecule has 0 bridgehead atoms. The Hall–Kier alpha value is 0.310. The van der Waals surface area contributed by atoms with Gasteiger partial charge in [0.15, 0.2) is 0 Å². The molecule has 2 fully saturated rings. The molecule has 0 amide bonds. The summed E-state index contributed by atoms with van der Waals surface area (Å²) < 4.78 is 0. The number of hydrogen-bond acceptors (Lipinski definition) is 2. The second-order valence-corrected chi connectivity index (χ2v) is 5.69. The molecule has 11 heavy (non-hydrogen) atoms. The van der Waals surface area contributed by atoms with Gasteiger partial charge in [-0.1, -0.05) is 26.2 Å². The van der Waals surface area contributed by atoms with Crippen molar-refractivity contribution in [2.24, 2.45) is 0 Å². The third-order valence-corrected chi connectivity index (χ3v) is 4.37. The van der Waals surface area contributed by atoms with E-state index in [1.807, 2.05) is 0 Å². The van der Waals surface area contributed by atoms with Crippen molar-refractivity contribution in [2.75, 3.05) is 6.54 Å². The van der Waals surface area contributed by atoms with Gasteiger partial charge in [-0.3, -0.25) is 0 Å². The summed E-state index contributed by atoms with van der Waals surface area (Å²) in [7, 11) is 0. The molecule has 0 radical (unpaired) electrons. The summed E-state index contributed by atoms with van der Waals surface area (Å²) in [6, 6.07) is 0. The van der Waals surface area contributed by atoms with Gasteiger partial charge in [0, 0.05) is 11.8 Å². The van der Waals surface area contributed by atoms with Crippen LogP contribution in [0.1, 0.15) is 39.0 Å². The van der Waals surface area contributed by atoms with Crippen molar-refractivity contribution in [3.63, 3.8) is 0 Å². The molecule has 0 aromatic heterocycles. The molecule has 1 saturated carbocycles. The third kappa shape index (κ3) is 1.57. The molecule has 1 saturated heterocycles. The molecule has 1 aliphatic carbocycles. The zero-order valence-electron chi connectivity index (χ0n) is 7.23. The lowest BCUT2D eigenvalue weighted by molar-refractivity contribution is 0.355. The molecule has 1 nitrogen and oxygen atoms in total. The van der Waals surface area contributed by atoms with Crippen molar-refractivity contribution in [1.29, 1.82) is 0 Å². The zero-order chi connectivity index (χ0) is 7.73. The van der Waals surface area contributed by atoms with E-state index in [0.717, 1.165) is 5.25 Å². The minimum atomic E-state index is 0.512. The van der Waals surface area contributed by atoms with Crippen molar-refractivity contribution in [3.05, 3.63) is 0 Å². The van der Waals surface area contributed by atoms with Crippen molar-refractivity contribution in [1.82, 2.24) is 5.32 Å². The summed E-state index contributed by atoms with van der Waals surface area (Å²) in [5.74, 6) is 0. The Morgan fingerprint density at radius 2 is 2.00 bits per heavy atom. The molecule has 1 unspecified atom stereocenters. The van der Waals surface area contributed by atoms with Gasteiger partial charge in [0.25, 0.3) is 0 Å². The maximum Gasteiger partial charge on any atom is 0.0648 e.